The Bertz CT molecular complexity index is 721. The molecule has 0 saturated heterocycles. The van der Waals surface area contributed by atoms with E-state index < -0.39 is 0 Å². The second-order valence-electron chi connectivity index (χ2n) is 7.83. The van der Waals surface area contributed by atoms with E-state index in [9.17, 15) is 5.11 Å². The van der Waals surface area contributed by atoms with Crippen molar-refractivity contribution in [3.8, 4) is 0 Å². The quantitative estimate of drug-likeness (QED) is 0.552. The van der Waals surface area contributed by atoms with E-state index in [4.69, 9.17) is 0 Å². The van der Waals surface area contributed by atoms with Crippen molar-refractivity contribution in [3.63, 3.8) is 0 Å². The second-order valence-corrected chi connectivity index (χ2v) is 7.83. The Kier molecular flexibility index (Phi) is 6.41. The molecular weight excluding hydrogens is 306 g/mol. The van der Waals surface area contributed by atoms with E-state index >= 15 is 0 Å². The zero-order valence-corrected chi connectivity index (χ0v) is 16.3. The van der Waals surface area contributed by atoms with Crippen molar-refractivity contribution < 1.29 is 5.11 Å². The molecule has 2 rings (SSSR count). The van der Waals surface area contributed by atoms with Gasteiger partial charge in [-0.2, -0.15) is 0 Å². The molecule has 0 spiro atoms. The summed E-state index contributed by atoms with van der Waals surface area (Å²) >= 11 is 0. The topological polar surface area (TPSA) is 32.6 Å². The summed E-state index contributed by atoms with van der Waals surface area (Å²) in [5, 5.41) is 10.2. The van der Waals surface area contributed by atoms with Crippen LogP contribution in [0.4, 0.5) is 0 Å². The first-order valence-electron chi connectivity index (χ1n) is 9.14. The Hall–Kier alpha value is -2.09. The third kappa shape index (κ3) is 5.74. The van der Waals surface area contributed by atoms with E-state index in [1.54, 1.807) is 0 Å². The maximum absolute atomic E-state index is 10.2. The van der Waals surface area contributed by atoms with E-state index in [1.165, 1.54) is 22.4 Å². The van der Waals surface area contributed by atoms with Gasteiger partial charge in [-0.15, -0.1) is 0 Å². The van der Waals surface area contributed by atoms with Crippen LogP contribution in [0, 0.1) is 5.41 Å². The fraction of sp³-hybridized carbons (Fsp3) is 0.435. The average molecular weight is 338 g/mol. The second kappa shape index (κ2) is 8.33. The minimum Gasteiger partial charge on any atom is -0.512 e. The molecule has 0 aromatic rings. The highest BCUT2D eigenvalue weighted by Gasteiger charge is 2.28. The minimum absolute atomic E-state index is 0.0590. The molecule has 0 atom stereocenters. The lowest BCUT2D eigenvalue weighted by atomic mass is 9.74. The van der Waals surface area contributed by atoms with Crippen LogP contribution in [0.1, 0.15) is 60.3 Å². The first-order valence-corrected chi connectivity index (χ1v) is 9.14. The molecule has 2 heteroatoms. The van der Waals surface area contributed by atoms with Gasteiger partial charge in [-0.05, 0) is 50.2 Å². The van der Waals surface area contributed by atoms with Crippen LogP contribution in [0.25, 0.3) is 0 Å². The standard InChI is InChI=1S/C23H31NO/c1-17(11-12-21-22(25)10-7-13-23(21,4)5)8-6-9-18(2)14-20-15-19(3)24-16-20/h6,8-9,11-12,14,16,25H,7,10,13,15H2,1-5H3/b9-6+,12-11+,17-8+,18-14+. The SMILES string of the molecule is CC1=NC=C(/C=C(C)/C=C/C=C(C)/C=C/C2=C(O)CCCC2(C)C)C1. The molecule has 0 saturated carbocycles. The Morgan fingerprint density at radius 3 is 2.60 bits per heavy atom. The van der Waals surface area contributed by atoms with Gasteiger partial charge < -0.3 is 5.11 Å². The van der Waals surface area contributed by atoms with Gasteiger partial charge in [0.1, 0.15) is 0 Å². The Morgan fingerprint density at radius 1 is 1.20 bits per heavy atom. The zero-order valence-electron chi connectivity index (χ0n) is 16.3. The van der Waals surface area contributed by atoms with Gasteiger partial charge in [-0.1, -0.05) is 61.4 Å². The van der Waals surface area contributed by atoms with Crippen molar-refractivity contribution in [2.45, 2.75) is 60.3 Å². The number of aliphatic hydroxyl groups is 1. The molecule has 2 aliphatic rings. The molecule has 1 aliphatic heterocycles. The summed E-state index contributed by atoms with van der Waals surface area (Å²) in [6.07, 6.45) is 18.6. The predicted molar refractivity (Wildman–Crippen MR) is 109 cm³/mol. The fourth-order valence-corrected chi connectivity index (χ4v) is 3.31. The third-order valence-corrected chi connectivity index (χ3v) is 4.81. The molecule has 1 N–H and O–H groups in total. The first-order chi connectivity index (χ1) is 11.8. The van der Waals surface area contributed by atoms with Gasteiger partial charge in [0.15, 0.2) is 0 Å². The van der Waals surface area contributed by atoms with Crippen LogP contribution in [0.3, 0.4) is 0 Å². The summed E-state index contributed by atoms with van der Waals surface area (Å²) in [7, 11) is 0. The Labute approximate surface area is 152 Å². The summed E-state index contributed by atoms with van der Waals surface area (Å²) < 4.78 is 0. The highest BCUT2D eigenvalue weighted by molar-refractivity contribution is 5.87. The van der Waals surface area contributed by atoms with Gasteiger partial charge in [0.25, 0.3) is 0 Å². The normalized spacial score (nSPS) is 22.1. The molecule has 2 nitrogen and oxygen atoms in total. The van der Waals surface area contributed by atoms with Crippen LogP contribution in [0.15, 0.2) is 75.7 Å². The van der Waals surface area contributed by atoms with Crippen LogP contribution in [0.2, 0.25) is 0 Å². The minimum atomic E-state index is 0.0590. The molecule has 0 unspecified atom stereocenters. The largest absolute Gasteiger partial charge is 0.512 e. The molecule has 1 aliphatic carbocycles. The summed E-state index contributed by atoms with van der Waals surface area (Å²) in [5.41, 5.74) is 5.97. The monoisotopic (exact) mass is 337 g/mol. The van der Waals surface area contributed by atoms with Crippen molar-refractivity contribution in [2.24, 2.45) is 10.4 Å². The summed E-state index contributed by atoms with van der Waals surface area (Å²) in [6.45, 7) is 10.7. The number of aliphatic hydroxyl groups excluding tert-OH is 1. The molecule has 0 bridgehead atoms. The van der Waals surface area contributed by atoms with E-state index in [0.29, 0.717) is 5.76 Å². The summed E-state index contributed by atoms with van der Waals surface area (Å²) in [6, 6.07) is 0. The van der Waals surface area contributed by atoms with Gasteiger partial charge >= 0.3 is 0 Å². The van der Waals surface area contributed by atoms with Crippen LogP contribution < -0.4 is 0 Å². The molecule has 25 heavy (non-hydrogen) atoms. The molecule has 1 heterocycles. The molecule has 0 fully saturated rings. The Balaban J connectivity index is 1.98. The molecule has 0 amide bonds. The summed E-state index contributed by atoms with van der Waals surface area (Å²) in [5.74, 6) is 0.553. The van der Waals surface area contributed by atoms with Gasteiger partial charge in [-0.25, -0.2) is 0 Å². The van der Waals surface area contributed by atoms with E-state index in [-0.39, 0.29) is 5.41 Å². The average Bonchev–Trinajstić information content (AvgIpc) is 2.91. The van der Waals surface area contributed by atoms with Gasteiger partial charge in [0.2, 0.25) is 0 Å². The van der Waals surface area contributed by atoms with Crippen molar-refractivity contribution >= 4 is 5.71 Å². The molecule has 0 aromatic carbocycles. The zero-order chi connectivity index (χ0) is 18.4. The Morgan fingerprint density at radius 2 is 1.96 bits per heavy atom. The molecular formula is C23H31NO. The van der Waals surface area contributed by atoms with Crippen molar-refractivity contribution in [1.82, 2.24) is 0 Å². The van der Waals surface area contributed by atoms with Crippen LogP contribution in [-0.2, 0) is 0 Å². The smallest absolute Gasteiger partial charge is 0.0959 e. The van der Waals surface area contributed by atoms with Crippen molar-refractivity contribution in [1.29, 1.82) is 0 Å². The van der Waals surface area contributed by atoms with Crippen molar-refractivity contribution in [3.05, 3.63) is 70.7 Å². The molecule has 0 aromatic heterocycles. The lowest BCUT2D eigenvalue weighted by Crippen LogP contribution is -2.19. The van der Waals surface area contributed by atoms with Gasteiger partial charge in [-0.3, -0.25) is 4.99 Å². The van der Waals surface area contributed by atoms with Crippen LogP contribution in [0.5, 0.6) is 0 Å². The first kappa shape index (κ1) is 19.2. The molecule has 134 valence electrons. The maximum Gasteiger partial charge on any atom is 0.0959 e. The van der Waals surface area contributed by atoms with E-state index in [2.05, 4.69) is 76.1 Å². The highest BCUT2D eigenvalue weighted by atomic mass is 16.3. The molecule has 0 radical (unpaired) electrons. The third-order valence-electron chi connectivity index (χ3n) is 4.81. The lowest BCUT2D eigenvalue weighted by molar-refractivity contribution is 0.292. The summed E-state index contributed by atoms with van der Waals surface area (Å²) in [4.78, 5) is 4.31. The van der Waals surface area contributed by atoms with E-state index in [0.717, 1.165) is 31.3 Å². The van der Waals surface area contributed by atoms with Crippen LogP contribution in [-0.4, -0.2) is 10.8 Å². The fourth-order valence-electron chi connectivity index (χ4n) is 3.31. The highest BCUT2D eigenvalue weighted by Crippen LogP contribution is 2.40. The number of aliphatic imine (C=N–C) groups is 1. The number of rotatable bonds is 5. The van der Waals surface area contributed by atoms with Gasteiger partial charge in [0.05, 0.1) is 5.76 Å². The number of hydrogen-bond donors (Lipinski definition) is 1. The lowest BCUT2D eigenvalue weighted by Gasteiger charge is -2.31. The van der Waals surface area contributed by atoms with E-state index in [1.807, 2.05) is 6.20 Å². The maximum atomic E-state index is 10.2. The van der Waals surface area contributed by atoms with Gasteiger partial charge in [0, 0.05) is 24.8 Å². The predicted octanol–water partition coefficient (Wildman–Crippen LogP) is 6.76. The number of allylic oxidation sites excluding steroid dienone is 11. The van der Waals surface area contributed by atoms with Crippen LogP contribution >= 0.6 is 0 Å². The number of nitrogens with zero attached hydrogens (tertiary/aromatic N) is 1. The number of hydrogen-bond acceptors (Lipinski definition) is 2. The van der Waals surface area contributed by atoms with Crippen molar-refractivity contribution in [2.75, 3.05) is 0 Å².